The molecule has 1 N–H and O–H groups in total. The van der Waals surface area contributed by atoms with E-state index in [1.54, 1.807) is 28.9 Å². The van der Waals surface area contributed by atoms with Crippen LogP contribution in [0.25, 0.3) is 10.2 Å². The molecule has 0 fully saturated rings. The van der Waals surface area contributed by atoms with E-state index in [1.165, 1.54) is 28.0 Å². The molecule has 0 aliphatic heterocycles. The number of thioether (sulfide) groups is 1. The fraction of sp³-hybridized carbons (Fsp3) is 0.440. The predicted molar refractivity (Wildman–Crippen MR) is 142 cm³/mol. The molecule has 2 aliphatic carbocycles. The van der Waals surface area contributed by atoms with Gasteiger partial charge in [-0.05, 0) is 63.0 Å². The first-order chi connectivity index (χ1) is 17.0. The Hall–Kier alpha value is -2.43. The molecule has 5 rings (SSSR count). The standard InChI is InChI=1S/C25H27N3O4S3/c1-3-12-28-23(30)19-14-9-7-11-17(14)34-21(19)27-25(28)33-13-18(29)26-22-20(24(31)32-4-2)15-8-5-6-10-16(15)35-22/h3H,1,4-13H2,2H3,(H,26,29). The first kappa shape index (κ1) is 24.3. The van der Waals surface area contributed by atoms with Gasteiger partial charge in [-0.2, -0.15) is 0 Å². The summed E-state index contributed by atoms with van der Waals surface area (Å²) in [7, 11) is 0. The predicted octanol–water partition coefficient (Wildman–Crippen LogP) is 4.98. The van der Waals surface area contributed by atoms with Crippen LogP contribution in [-0.4, -0.2) is 33.8 Å². The number of allylic oxidation sites excluding steroid dienone is 1. The maximum absolute atomic E-state index is 13.3. The number of carbonyl (C=O) groups is 2. The molecule has 0 atom stereocenters. The second-order valence-corrected chi connectivity index (χ2v) is 11.7. The van der Waals surface area contributed by atoms with Gasteiger partial charge in [-0.25, -0.2) is 9.78 Å². The molecule has 7 nitrogen and oxygen atoms in total. The molecular formula is C25H27N3O4S3. The lowest BCUT2D eigenvalue weighted by Gasteiger charge is -2.12. The first-order valence-corrected chi connectivity index (χ1v) is 14.5. The third-order valence-corrected chi connectivity index (χ3v) is 9.71. The van der Waals surface area contributed by atoms with Crippen LogP contribution in [0.2, 0.25) is 0 Å². The van der Waals surface area contributed by atoms with Gasteiger partial charge >= 0.3 is 5.97 Å². The first-order valence-electron chi connectivity index (χ1n) is 11.9. The van der Waals surface area contributed by atoms with Crippen molar-refractivity contribution < 1.29 is 14.3 Å². The van der Waals surface area contributed by atoms with E-state index in [4.69, 9.17) is 9.72 Å². The summed E-state index contributed by atoms with van der Waals surface area (Å²) >= 11 is 4.29. The van der Waals surface area contributed by atoms with Gasteiger partial charge in [0, 0.05) is 16.3 Å². The van der Waals surface area contributed by atoms with Crippen molar-refractivity contribution in [3.8, 4) is 0 Å². The van der Waals surface area contributed by atoms with Gasteiger partial charge in [0.1, 0.15) is 9.83 Å². The fourth-order valence-electron chi connectivity index (χ4n) is 4.82. The van der Waals surface area contributed by atoms with Gasteiger partial charge < -0.3 is 10.1 Å². The van der Waals surface area contributed by atoms with Crippen molar-refractivity contribution in [3.63, 3.8) is 0 Å². The van der Waals surface area contributed by atoms with E-state index in [9.17, 15) is 14.4 Å². The largest absolute Gasteiger partial charge is 0.462 e. The van der Waals surface area contributed by atoms with Gasteiger partial charge in [-0.1, -0.05) is 17.8 Å². The summed E-state index contributed by atoms with van der Waals surface area (Å²) in [6.07, 6.45) is 8.52. The lowest BCUT2D eigenvalue weighted by Crippen LogP contribution is -2.24. The van der Waals surface area contributed by atoms with Crippen LogP contribution in [0.5, 0.6) is 0 Å². The van der Waals surface area contributed by atoms with E-state index >= 15 is 0 Å². The number of carbonyl (C=O) groups excluding carboxylic acids is 2. The number of nitrogens with one attached hydrogen (secondary N) is 1. The summed E-state index contributed by atoms with van der Waals surface area (Å²) in [6.45, 7) is 6.18. The molecule has 184 valence electrons. The number of nitrogens with zero attached hydrogens (tertiary/aromatic N) is 2. The van der Waals surface area contributed by atoms with Crippen molar-refractivity contribution in [2.45, 2.75) is 63.6 Å². The van der Waals surface area contributed by atoms with Crippen molar-refractivity contribution in [2.75, 3.05) is 17.7 Å². The number of hydrogen-bond acceptors (Lipinski definition) is 8. The highest BCUT2D eigenvalue weighted by atomic mass is 32.2. The Labute approximate surface area is 215 Å². The minimum atomic E-state index is -0.382. The molecule has 10 heteroatoms. The fourth-order valence-corrected chi connectivity index (χ4v) is 8.23. The van der Waals surface area contributed by atoms with E-state index < -0.39 is 0 Å². The number of ether oxygens (including phenoxy) is 1. The lowest BCUT2D eigenvalue weighted by atomic mass is 9.95. The normalized spacial score (nSPS) is 14.5. The maximum Gasteiger partial charge on any atom is 0.341 e. The molecule has 0 saturated heterocycles. The minimum Gasteiger partial charge on any atom is -0.462 e. The van der Waals surface area contributed by atoms with Crippen molar-refractivity contribution in [1.29, 1.82) is 0 Å². The molecule has 35 heavy (non-hydrogen) atoms. The van der Waals surface area contributed by atoms with Crippen molar-refractivity contribution in [3.05, 3.63) is 49.5 Å². The number of rotatable bonds is 8. The van der Waals surface area contributed by atoms with Crippen molar-refractivity contribution >= 4 is 61.5 Å². The number of thiophene rings is 2. The maximum atomic E-state index is 13.3. The molecule has 0 spiro atoms. The van der Waals surface area contributed by atoms with E-state index in [1.807, 2.05) is 0 Å². The number of hydrogen-bond donors (Lipinski definition) is 1. The molecule has 0 unspecified atom stereocenters. The highest BCUT2D eigenvalue weighted by molar-refractivity contribution is 7.99. The summed E-state index contributed by atoms with van der Waals surface area (Å²) in [5, 5.41) is 4.73. The zero-order chi connectivity index (χ0) is 24.5. The monoisotopic (exact) mass is 529 g/mol. The Bertz CT molecular complexity index is 1380. The quantitative estimate of drug-likeness (QED) is 0.192. The molecule has 1 amide bonds. The lowest BCUT2D eigenvalue weighted by molar-refractivity contribution is -0.113. The van der Waals surface area contributed by atoms with E-state index in [2.05, 4.69) is 11.9 Å². The molecule has 0 aromatic carbocycles. The average Bonchev–Trinajstić information content (AvgIpc) is 3.52. The Morgan fingerprint density at radius 1 is 1.14 bits per heavy atom. The summed E-state index contributed by atoms with van der Waals surface area (Å²) in [5.41, 5.74) is 2.59. The topological polar surface area (TPSA) is 90.3 Å². The van der Waals surface area contributed by atoms with Crippen LogP contribution in [0.4, 0.5) is 5.00 Å². The summed E-state index contributed by atoms with van der Waals surface area (Å²) in [6, 6.07) is 0. The van der Waals surface area contributed by atoms with Gasteiger partial charge in [-0.3, -0.25) is 14.2 Å². The number of aromatic nitrogens is 2. The Kier molecular flexibility index (Phi) is 7.13. The molecule has 3 aromatic rings. The molecule has 0 saturated carbocycles. The Balaban J connectivity index is 1.38. The summed E-state index contributed by atoms with van der Waals surface area (Å²) < 4.78 is 6.88. The third-order valence-electron chi connectivity index (χ3n) is 6.34. The SMILES string of the molecule is C=CCn1c(SCC(=O)Nc2sc3c(c2C(=O)OCC)CCCC3)nc2sc3c(c2c1=O)CCC3. The average molecular weight is 530 g/mol. The highest BCUT2D eigenvalue weighted by Gasteiger charge is 2.28. The number of amides is 1. The number of aryl methyl sites for hydroxylation is 3. The third kappa shape index (κ3) is 4.59. The van der Waals surface area contributed by atoms with Crippen LogP contribution in [0.3, 0.4) is 0 Å². The summed E-state index contributed by atoms with van der Waals surface area (Å²) in [4.78, 5) is 46.8. The zero-order valence-electron chi connectivity index (χ0n) is 19.6. The molecule has 0 radical (unpaired) electrons. The van der Waals surface area contributed by atoms with Crippen molar-refractivity contribution in [1.82, 2.24) is 9.55 Å². The van der Waals surface area contributed by atoms with Crippen molar-refractivity contribution in [2.24, 2.45) is 0 Å². The molecule has 3 aromatic heterocycles. The smallest absolute Gasteiger partial charge is 0.341 e. The zero-order valence-corrected chi connectivity index (χ0v) is 22.1. The van der Waals surface area contributed by atoms with Crippen LogP contribution in [0.15, 0.2) is 22.6 Å². The van der Waals surface area contributed by atoms with Crippen LogP contribution in [0, 0.1) is 0 Å². The van der Waals surface area contributed by atoms with Crippen LogP contribution in [-0.2, 0) is 41.8 Å². The van der Waals surface area contributed by atoms with Crippen LogP contribution >= 0.6 is 34.4 Å². The number of fused-ring (bicyclic) bond motifs is 4. The van der Waals surface area contributed by atoms with E-state index in [0.29, 0.717) is 22.3 Å². The van der Waals surface area contributed by atoms with Crippen LogP contribution in [0.1, 0.15) is 57.4 Å². The van der Waals surface area contributed by atoms with Gasteiger partial charge in [0.05, 0.1) is 23.3 Å². The van der Waals surface area contributed by atoms with Gasteiger partial charge in [-0.15, -0.1) is 29.3 Å². The number of anilines is 1. The minimum absolute atomic E-state index is 0.0623. The second kappa shape index (κ2) is 10.3. The van der Waals surface area contributed by atoms with E-state index in [-0.39, 0.29) is 29.8 Å². The Morgan fingerprint density at radius 2 is 1.89 bits per heavy atom. The van der Waals surface area contributed by atoms with Gasteiger partial charge in [0.15, 0.2) is 5.16 Å². The van der Waals surface area contributed by atoms with E-state index in [0.717, 1.165) is 71.2 Å². The molecular weight excluding hydrogens is 502 g/mol. The molecule has 3 heterocycles. The summed E-state index contributed by atoms with van der Waals surface area (Å²) in [5.74, 6) is -0.551. The van der Waals surface area contributed by atoms with Crippen LogP contribution < -0.4 is 10.9 Å². The molecule has 0 bridgehead atoms. The highest BCUT2D eigenvalue weighted by Crippen LogP contribution is 2.39. The number of esters is 1. The Morgan fingerprint density at radius 3 is 2.69 bits per heavy atom. The second-order valence-electron chi connectivity index (χ2n) is 8.61. The van der Waals surface area contributed by atoms with Gasteiger partial charge in [0.25, 0.3) is 5.56 Å². The molecule has 2 aliphatic rings. The van der Waals surface area contributed by atoms with Gasteiger partial charge in [0.2, 0.25) is 5.91 Å².